The third kappa shape index (κ3) is 3.91. The predicted octanol–water partition coefficient (Wildman–Crippen LogP) is 2.30. The second kappa shape index (κ2) is 5.16. The third-order valence-electron chi connectivity index (χ3n) is 2.01. The van der Waals surface area contributed by atoms with Crippen LogP contribution in [0, 0.1) is 0 Å². The highest BCUT2D eigenvalue weighted by atomic mass is 35.5. The molecule has 0 amide bonds. The SMILES string of the molecule is COc1ccnc(NC(C)(C)CCCl)n1. The second-order valence-corrected chi connectivity index (χ2v) is 4.25. The summed E-state index contributed by atoms with van der Waals surface area (Å²) in [6.45, 7) is 4.11. The Hall–Kier alpha value is -1.03. The molecule has 84 valence electrons. The van der Waals surface area contributed by atoms with Gasteiger partial charge in [0.1, 0.15) is 0 Å². The van der Waals surface area contributed by atoms with Crippen LogP contribution in [0.2, 0.25) is 0 Å². The minimum atomic E-state index is -0.117. The van der Waals surface area contributed by atoms with Crippen LogP contribution in [0.4, 0.5) is 5.95 Å². The molecule has 0 saturated heterocycles. The second-order valence-electron chi connectivity index (χ2n) is 3.87. The first-order valence-corrected chi connectivity index (χ1v) is 5.32. The van der Waals surface area contributed by atoms with Crippen LogP contribution in [0.15, 0.2) is 12.3 Å². The number of methoxy groups -OCH3 is 1. The van der Waals surface area contributed by atoms with E-state index in [2.05, 4.69) is 29.1 Å². The van der Waals surface area contributed by atoms with Crippen molar-refractivity contribution in [2.45, 2.75) is 25.8 Å². The molecule has 0 aliphatic rings. The molecule has 1 heterocycles. The van der Waals surface area contributed by atoms with E-state index in [9.17, 15) is 0 Å². The van der Waals surface area contributed by atoms with Crippen molar-refractivity contribution in [2.24, 2.45) is 0 Å². The summed E-state index contributed by atoms with van der Waals surface area (Å²) < 4.78 is 5.01. The van der Waals surface area contributed by atoms with Crippen molar-refractivity contribution in [3.05, 3.63) is 12.3 Å². The third-order valence-corrected chi connectivity index (χ3v) is 2.20. The van der Waals surface area contributed by atoms with Crippen LogP contribution in [-0.2, 0) is 0 Å². The van der Waals surface area contributed by atoms with E-state index in [0.29, 0.717) is 17.7 Å². The molecule has 0 aliphatic carbocycles. The van der Waals surface area contributed by atoms with Crippen molar-refractivity contribution in [1.29, 1.82) is 0 Å². The predicted molar refractivity (Wildman–Crippen MR) is 61.6 cm³/mol. The normalized spacial score (nSPS) is 11.2. The molecule has 0 saturated carbocycles. The number of nitrogens with zero attached hydrogens (tertiary/aromatic N) is 2. The summed E-state index contributed by atoms with van der Waals surface area (Å²) in [7, 11) is 1.58. The van der Waals surface area contributed by atoms with Crippen LogP contribution in [-0.4, -0.2) is 28.5 Å². The number of halogens is 1. The highest BCUT2D eigenvalue weighted by molar-refractivity contribution is 6.17. The van der Waals surface area contributed by atoms with Gasteiger partial charge in [0, 0.05) is 23.7 Å². The summed E-state index contributed by atoms with van der Waals surface area (Å²) in [4.78, 5) is 8.28. The Balaban J connectivity index is 2.71. The molecule has 0 aromatic carbocycles. The molecule has 0 aliphatic heterocycles. The quantitative estimate of drug-likeness (QED) is 0.788. The van der Waals surface area contributed by atoms with Crippen LogP contribution >= 0.6 is 11.6 Å². The monoisotopic (exact) mass is 229 g/mol. The van der Waals surface area contributed by atoms with Gasteiger partial charge in [0.05, 0.1) is 7.11 Å². The number of anilines is 1. The molecule has 1 N–H and O–H groups in total. The Morgan fingerprint density at radius 2 is 2.27 bits per heavy atom. The number of hydrogen-bond donors (Lipinski definition) is 1. The molecular formula is C10H16ClN3O. The van der Waals surface area contributed by atoms with Gasteiger partial charge < -0.3 is 10.1 Å². The first-order chi connectivity index (χ1) is 7.07. The lowest BCUT2D eigenvalue weighted by molar-refractivity contribution is 0.396. The average Bonchev–Trinajstić information content (AvgIpc) is 2.17. The minimum absolute atomic E-state index is 0.117. The highest BCUT2D eigenvalue weighted by Crippen LogP contribution is 2.16. The summed E-state index contributed by atoms with van der Waals surface area (Å²) in [6.07, 6.45) is 2.50. The maximum absolute atomic E-state index is 5.71. The summed E-state index contributed by atoms with van der Waals surface area (Å²) in [5.41, 5.74) is -0.117. The van der Waals surface area contributed by atoms with Gasteiger partial charge in [-0.1, -0.05) is 0 Å². The van der Waals surface area contributed by atoms with Gasteiger partial charge in [-0.05, 0) is 20.3 Å². The first-order valence-electron chi connectivity index (χ1n) is 4.78. The van der Waals surface area contributed by atoms with Gasteiger partial charge in [0.15, 0.2) is 0 Å². The van der Waals surface area contributed by atoms with Gasteiger partial charge in [0.25, 0.3) is 0 Å². The van der Waals surface area contributed by atoms with Crippen LogP contribution < -0.4 is 10.1 Å². The maximum atomic E-state index is 5.71. The zero-order valence-corrected chi connectivity index (χ0v) is 10.0. The standard InChI is InChI=1S/C10H16ClN3O/c1-10(2,5-6-11)14-9-12-7-4-8(13-9)15-3/h4,7H,5-6H2,1-3H3,(H,12,13,14). The molecular weight excluding hydrogens is 214 g/mol. The van der Waals surface area contributed by atoms with Crippen LogP contribution in [0.5, 0.6) is 5.88 Å². The van der Waals surface area contributed by atoms with Crippen LogP contribution in [0.25, 0.3) is 0 Å². The molecule has 1 aromatic rings. The van der Waals surface area contributed by atoms with E-state index in [1.165, 1.54) is 0 Å². The molecule has 1 rings (SSSR count). The van der Waals surface area contributed by atoms with Gasteiger partial charge in [-0.3, -0.25) is 0 Å². The molecule has 0 fully saturated rings. The van der Waals surface area contributed by atoms with Crippen molar-refractivity contribution in [2.75, 3.05) is 18.3 Å². The van der Waals surface area contributed by atoms with E-state index < -0.39 is 0 Å². The molecule has 1 aromatic heterocycles. The first kappa shape index (κ1) is 12.0. The zero-order valence-electron chi connectivity index (χ0n) is 9.25. The van der Waals surface area contributed by atoms with Crippen LogP contribution in [0.1, 0.15) is 20.3 Å². The smallest absolute Gasteiger partial charge is 0.226 e. The molecule has 0 atom stereocenters. The lowest BCUT2D eigenvalue weighted by Crippen LogP contribution is -2.32. The van der Waals surface area contributed by atoms with E-state index in [1.54, 1.807) is 19.4 Å². The van der Waals surface area contributed by atoms with Crippen molar-refractivity contribution in [1.82, 2.24) is 9.97 Å². The Kier molecular flexibility index (Phi) is 4.15. The Morgan fingerprint density at radius 1 is 1.53 bits per heavy atom. The van der Waals surface area contributed by atoms with E-state index in [1.807, 2.05) is 0 Å². The summed E-state index contributed by atoms with van der Waals surface area (Å²) >= 11 is 5.71. The average molecular weight is 230 g/mol. The number of hydrogen-bond acceptors (Lipinski definition) is 4. The van der Waals surface area contributed by atoms with Crippen LogP contribution in [0.3, 0.4) is 0 Å². The number of nitrogens with one attached hydrogen (secondary N) is 1. The topological polar surface area (TPSA) is 47.0 Å². The van der Waals surface area contributed by atoms with Gasteiger partial charge in [0.2, 0.25) is 11.8 Å². The van der Waals surface area contributed by atoms with Crippen molar-refractivity contribution in [3.8, 4) is 5.88 Å². The van der Waals surface area contributed by atoms with Gasteiger partial charge in [-0.2, -0.15) is 4.98 Å². The largest absolute Gasteiger partial charge is 0.481 e. The number of ether oxygens (including phenoxy) is 1. The fourth-order valence-corrected chi connectivity index (χ4v) is 1.59. The van der Waals surface area contributed by atoms with Crippen molar-refractivity contribution >= 4 is 17.5 Å². The van der Waals surface area contributed by atoms with Crippen molar-refractivity contribution < 1.29 is 4.74 Å². The number of rotatable bonds is 5. The van der Waals surface area contributed by atoms with Gasteiger partial charge in [-0.15, -0.1) is 11.6 Å². The van der Waals surface area contributed by atoms with Gasteiger partial charge in [-0.25, -0.2) is 4.98 Å². The van der Waals surface area contributed by atoms with Crippen molar-refractivity contribution in [3.63, 3.8) is 0 Å². The molecule has 0 unspecified atom stereocenters. The lowest BCUT2D eigenvalue weighted by Gasteiger charge is -2.25. The number of alkyl halides is 1. The zero-order chi connectivity index (χ0) is 11.3. The highest BCUT2D eigenvalue weighted by Gasteiger charge is 2.17. The molecule has 0 radical (unpaired) electrons. The van der Waals surface area contributed by atoms with E-state index in [0.717, 1.165) is 6.42 Å². The summed E-state index contributed by atoms with van der Waals surface area (Å²) in [5, 5.41) is 3.21. The fraction of sp³-hybridized carbons (Fsp3) is 0.600. The Morgan fingerprint density at radius 3 is 2.87 bits per heavy atom. The lowest BCUT2D eigenvalue weighted by atomic mass is 10.0. The molecule has 0 bridgehead atoms. The molecule has 5 heteroatoms. The molecule has 4 nitrogen and oxygen atoms in total. The molecule has 15 heavy (non-hydrogen) atoms. The summed E-state index contributed by atoms with van der Waals surface area (Å²) in [5.74, 6) is 1.71. The van der Waals surface area contributed by atoms with E-state index in [4.69, 9.17) is 16.3 Å². The molecule has 0 spiro atoms. The Bertz CT molecular complexity index is 317. The fourth-order valence-electron chi connectivity index (χ4n) is 1.12. The minimum Gasteiger partial charge on any atom is -0.481 e. The maximum Gasteiger partial charge on any atom is 0.226 e. The van der Waals surface area contributed by atoms with Gasteiger partial charge >= 0.3 is 0 Å². The van der Waals surface area contributed by atoms with E-state index >= 15 is 0 Å². The summed E-state index contributed by atoms with van der Waals surface area (Å²) in [6, 6.07) is 1.71. The van der Waals surface area contributed by atoms with E-state index in [-0.39, 0.29) is 5.54 Å². The number of aromatic nitrogens is 2. The Labute approximate surface area is 95.0 Å².